The van der Waals surface area contributed by atoms with Crippen molar-refractivity contribution in [1.29, 1.82) is 0 Å². The molecule has 1 fully saturated rings. The van der Waals surface area contributed by atoms with Gasteiger partial charge in [0.15, 0.2) is 0 Å². The van der Waals surface area contributed by atoms with Gasteiger partial charge < -0.3 is 10.2 Å². The van der Waals surface area contributed by atoms with Crippen molar-refractivity contribution < 1.29 is 19.8 Å². The van der Waals surface area contributed by atoms with Crippen LogP contribution < -0.4 is 5.32 Å². The van der Waals surface area contributed by atoms with Gasteiger partial charge in [0.05, 0.1) is 6.04 Å². The minimum atomic E-state index is -1.26. The first-order chi connectivity index (χ1) is 11.3. The molecule has 24 heavy (non-hydrogen) atoms. The van der Waals surface area contributed by atoms with E-state index in [9.17, 15) is 9.59 Å². The van der Waals surface area contributed by atoms with E-state index in [4.69, 9.17) is 33.4 Å². The summed E-state index contributed by atoms with van der Waals surface area (Å²) >= 11 is 14.2. The summed E-state index contributed by atoms with van der Waals surface area (Å²) in [5, 5.41) is 20.5. The molecule has 3 N–H and O–H groups in total. The number of likely N-dealkylation sites (N-methyl/N-ethyl adjacent to an activating group) is 1. The number of nitrogens with one attached hydrogen (secondary N) is 1. The summed E-state index contributed by atoms with van der Waals surface area (Å²) in [5.41, 5.74) is 1.36. The van der Waals surface area contributed by atoms with Crippen LogP contribution in [0.2, 0.25) is 10.0 Å². The first-order valence-corrected chi connectivity index (χ1v) is 8.88. The monoisotopic (exact) mass is 392 g/mol. The standard InChI is InChI=1S/C11H14Cl2N2S.C4H4O4/c1-15-9(6-14-11(15)16-2)10-7(12)4-3-5-8(10)13;5-3(6)1-2-4(7)8/h3-5,9,11,14H,6H2,1-2H3;1-2H,(H,5,6)(H,7,8)/b;2-1+. The van der Waals surface area contributed by atoms with E-state index < -0.39 is 11.9 Å². The number of halogens is 2. The molecule has 6 nitrogen and oxygen atoms in total. The van der Waals surface area contributed by atoms with Crippen LogP contribution in [0.5, 0.6) is 0 Å². The Morgan fingerprint density at radius 2 is 1.75 bits per heavy atom. The second-order valence-corrected chi connectivity index (χ2v) is 6.56. The van der Waals surface area contributed by atoms with Crippen molar-refractivity contribution in [1.82, 2.24) is 10.2 Å². The highest BCUT2D eigenvalue weighted by Gasteiger charge is 2.32. The van der Waals surface area contributed by atoms with Crippen LogP contribution in [0.1, 0.15) is 11.6 Å². The molecule has 9 heteroatoms. The van der Waals surface area contributed by atoms with Crippen molar-refractivity contribution in [3.8, 4) is 0 Å². The Kier molecular flexibility index (Phi) is 8.58. The lowest BCUT2D eigenvalue weighted by molar-refractivity contribution is -0.134. The van der Waals surface area contributed by atoms with Gasteiger partial charge in [-0.1, -0.05) is 29.3 Å². The maximum atomic E-state index is 9.55. The zero-order valence-corrected chi connectivity index (χ0v) is 15.4. The Morgan fingerprint density at radius 1 is 1.25 bits per heavy atom. The highest BCUT2D eigenvalue weighted by atomic mass is 35.5. The summed E-state index contributed by atoms with van der Waals surface area (Å²) in [5.74, 6) is -2.51. The van der Waals surface area contributed by atoms with E-state index in [0.717, 1.165) is 22.2 Å². The van der Waals surface area contributed by atoms with E-state index in [0.29, 0.717) is 17.6 Å². The number of rotatable bonds is 4. The van der Waals surface area contributed by atoms with Crippen molar-refractivity contribution in [3.05, 3.63) is 46.0 Å². The predicted octanol–water partition coefficient (Wildman–Crippen LogP) is 2.93. The molecule has 0 saturated carbocycles. The highest BCUT2D eigenvalue weighted by molar-refractivity contribution is 7.99. The first-order valence-electron chi connectivity index (χ1n) is 6.83. The number of benzene rings is 1. The number of aliphatic carboxylic acids is 2. The molecule has 2 unspecified atom stereocenters. The average Bonchev–Trinajstić information content (AvgIpc) is 2.87. The van der Waals surface area contributed by atoms with Gasteiger partial charge >= 0.3 is 11.9 Å². The third-order valence-corrected chi connectivity index (χ3v) is 4.88. The smallest absolute Gasteiger partial charge is 0.328 e. The average molecular weight is 393 g/mol. The molecule has 2 rings (SSSR count). The fourth-order valence-electron chi connectivity index (χ4n) is 2.19. The third-order valence-electron chi connectivity index (χ3n) is 3.27. The van der Waals surface area contributed by atoms with Gasteiger partial charge in [-0.15, -0.1) is 11.8 Å². The fourth-order valence-corrected chi connectivity index (χ4v) is 3.58. The number of hydrogen-bond donors (Lipinski definition) is 3. The Labute approximate surface area is 154 Å². The fraction of sp³-hybridized carbons (Fsp3) is 0.333. The van der Waals surface area contributed by atoms with Gasteiger partial charge in [0.25, 0.3) is 0 Å². The molecule has 2 atom stereocenters. The van der Waals surface area contributed by atoms with Gasteiger partial charge in [-0.3, -0.25) is 10.2 Å². The third kappa shape index (κ3) is 5.99. The van der Waals surface area contributed by atoms with Crippen molar-refractivity contribution >= 4 is 46.9 Å². The summed E-state index contributed by atoms with van der Waals surface area (Å²) in [6.07, 6.45) is 3.20. The number of carboxylic acid groups (broad SMARTS) is 2. The van der Waals surface area contributed by atoms with E-state index in [2.05, 4.69) is 23.5 Å². The number of nitrogens with zero attached hydrogens (tertiary/aromatic N) is 1. The molecule has 1 aromatic carbocycles. The summed E-state index contributed by atoms with van der Waals surface area (Å²) < 4.78 is 0. The zero-order chi connectivity index (χ0) is 18.3. The largest absolute Gasteiger partial charge is 0.478 e. The van der Waals surface area contributed by atoms with E-state index >= 15 is 0 Å². The Bertz CT molecular complexity index is 591. The van der Waals surface area contributed by atoms with Gasteiger partial charge in [-0.2, -0.15) is 0 Å². The minimum Gasteiger partial charge on any atom is -0.478 e. The van der Waals surface area contributed by atoms with Crippen LogP contribution in [0.25, 0.3) is 0 Å². The summed E-state index contributed by atoms with van der Waals surface area (Å²) in [6.45, 7) is 0.880. The molecular formula is C15H18Cl2N2O4S. The Hall–Kier alpha value is -1.25. The van der Waals surface area contributed by atoms with Gasteiger partial charge in [-0.25, -0.2) is 9.59 Å². The van der Waals surface area contributed by atoms with Gasteiger partial charge in [0.1, 0.15) is 5.50 Å². The lowest BCUT2D eigenvalue weighted by Gasteiger charge is -2.24. The number of hydrogen-bond acceptors (Lipinski definition) is 5. The molecule has 0 spiro atoms. The number of carboxylic acids is 2. The van der Waals surface area contributed by atoms with Crippen LogP contribution in [0.3, 0.4) is 0 Å². The summed E-state index contributed by atoms with van der Waals surface area (Å²) in [6, 6.07) is 5.91. The molecule has 1 aliphatic heterocycles. The van der Waals surface area contributed by atoms with E-state index in [1.807, 2.05) is 18.2 Å². The van der Waals surface area contributed by atoms with Crippen molar-refractivity contribution in [3.63, 3.8) is 0 Å². The van der Waals surface area contributed by atoms with Crippen LogP contribution in [-0.4, -0.2) is 52.4 Å². The Morgan fingerprint density at radius 3 is 2.12 bits per heavy atom. The van der Waals surface area contributed by atoms with Crippen molar-refractivity contribution in [2.24, 2.45) is 0 Å². The molecule has 1 aliphatic rings. The van der Waals surface area contributed by atoms with Gasteiger partial charge in [0.2, 0.25) is 0 Å². The van der Waals surface area contributed by atoms with Gasteiger partial charge in [0, 0.05) is 34.3 Å². The molecule has 132 valence electrons. The summed E-state index contributed by atoms with van der Waals surface area (Å²) in [7, 11) is 2.09. The maximum absolute atomic E-state index is 9.55. The van der Waals surface area contributed by atoms with Crippen LogP contribution in [0.4, 0.5) is 0 Å². The SMILES string of the molecule is CSC1NCC(c2c(Cl)cccc2Cl)N1C.O=C(O)/C=C/C(=O)O. The molecular weight excluding hydrogens is 375 g/mol. The van der Waals surface area contributed by atoms with Crippen molar-refractivity contribution in [2.45, 2.75) is 11.5 Å². The molecule has 0 aromatic heterocycles. The number of carbonyl (C=O) groups is 2. The Balaban J connectivity index is 0.000000307. The van der Waals surface area contributed by atoms with Crippen LogP contribution in [-0.2, 0) is 9.59 Å². The van der Waals surface area contributed by atoms with Crippen LogP contribution >= 0.6 is 35.0 Å². The maximum Gasteiger partial charge on any atom is 0.328 e. The normalized spacial score (nSPS) is 20.7. The topological polar surface area (TPSA) is 89.9 Å². The molecule has 1 aromatic rings. The second-order valence-electron chi connectivity index (χ2n) is 4.82. The van der Waals surface area contributed by atoms with E-state index in [1.54, 1.807) is 11.8 Å². The lowest BCUT2D eigenvalue weighted by atomic mass is 10.1. The first kappa shape index (κ1) is 20.8. The molecule has 0 amide bonds. The predicted molar refractivity (Wildman–Crippen MR) is 96.7 cm³/mol. The summed E-state index contributed by atoms with van der Waals surface area (Å²) in [4.78, 5) is 21.4. The van der Waals surface area contributed by atoms with E-state index in [-0.39, 0.29) is 6.04 Å². The van der Waals surface area contributed by atoms with Crippen molar-refractivity contribution in [2.75, 3.05) is 19.8 Å². The van der Waals surface area contributed by atoms with Crippen LogP contribution in [0, 0.1) is 0 Å². The quantitative estimate of drug-likeness (QED) is 0.678. The van der Waals surface area contributed by atoms with Gasteiger partial charge in [-0.05, 0) is 25.4 Å². The molecule has 1 heterocycles. The molecule has 0 bridgehead atoms. The molecule has 0 radical (unpaired) electrons. The molecule has 1 saturated heterocycles. The second kappa shape index (κ2) is 9.90. The zero-order valence-electron chi connectivity index (χ0n) is 13.1. The highest BCUT2D eigenvalue weighted by Crippen LogP contribution is 2.37. The number of thioether (sulfide) groups is 1. The minimum absolute atomic E-state index is 0.249. The van der Waals surface area contributed by atoms with E-state index in [1.165, 1.54) is 0 Å². The molecule has 0 aliphatic carbocycles. The van der Waals surface area contributed by atoms with Crippen LogP contribution in [0.15, 0.2) is 30.4 Å². The lowest BCUT2D eigenvalue weighted by Crippen LogP contribution is -2.29.